The standard InChI is InChI=1S/C25H28N2O3/c1-24-15-26(21(28)13-19-9-5-3-6-10-19)17-25(2,23(24)30)18-27(16-24)22(29)14-20-11-7-4-8-12-20/h3-12H,13-18H2,1-2H3. The highest BCUT2D eigenvalue weighted by Crippen LogP contribution is 2.42. The molecule has 2 aliphatic heterocycles. The first-order valence-corrected chi connectivity index (χ1v) is 10.5. The average Bonchev–Trinajstić information content (AvgIpc) is 2.71. The zero-order valence-corrected chi connectivity index (χ0v) is 17.6. The van der Waals surface area contributed by atoms with E-state index in [4.69, 9.17) is 0 Å². The van der Waals surface area contributed by atoms with Crippen molar-refractivity contribution in [3.63, 3.8) is 0 Å². The van der Waals surface area contributed by atoms with Gasteiger partial charge in [-0.1, -0.05) is 60.7 Å². The van der Waals surface area contributed by atoms with Crippen molar-refractivity contribution in [2.24, 2.45) is 10.8 Å². The number of ketones is 1. The van der Waals surface area contributed by atoms with Gasteiger partial charge in [-0.3, -0.25) is 14.4 Å². The maximum atomic E-state index is 13.2. The average molecular weight is 405 g/mol. The van der Waals surface area contributed by atoms with Crippen LogP contribution in [0.4, 0.5) is 0 Å². The van der Waals surface area contributed by atoms with Crippen molar-refractivity contribution in [1.82, 2.24) is 9.80 Å². The van der Waals surface area contributed by atoms with Crippen molar-refractivity contribution >= 4 is 17.6 Å². The molecule has 0 atom stereocenters. The van der Waals surface area contributed by atoms with Crippen LogP contribution in [0.2, 0.25) is 0 Å². The largest absolute Gasteiger partial charge is 0.340 e. The van der Waals surface area contributed by atoms with Crippen molar-refractivity contribution < 1.29 is 14.4 Å². The summed E-state index contributed by atoms with van der Waals surface area (Å²) in [6, 6.07) is 19.4. The van der Waals surface area contributed by atoms with Crippen LogP contribution >= 0.6 is 0 Å². The molecular weight excluding hydrogens is 376 g/mol. The van der Waals surface area contributed by atoms with E-state index in [1.807, 2.05) is 84.3 Å². The number of carbonyl (C=O) groups is 3. The fraction of sp³-hybridized carbons (Fsp3) is 0.400. The number of rotatable bonds is 4. The maximum Gasteiger partial charge on any atom is 0.227 e. The van der Waals surface area contributed by atoms with Gasteiger partial charge < -0.3 is 9.80 Å². The SMILES string of the molecule is CC12CN(C(=O)Cc3ccccc3)CC(C)(CN(C(=O)Cc3ccccc3)C1)C2=O. The number of piperidine rings is 2. The Labute approximate surface area is 177 Å². The summed E-state index contributed by atoms with van der Waals surface area (Å²) in [7, 11) is 0. The Hall–Kier alpha value is -2.95. The van der Waals surface area contributed by atoms with Gasteiger partial charge in [-0.25, -0.2) is 0 Å². The molecule has 2 saturated heterocycles. The van der Waals surface area contributed by atoms with E-state index in [-0.39, 0.29) is 17.6 Å². The third-order valence-electron chi connectivity index (χ3n) is 6.36. The van der Waals surface area contributed by atoms with Gasteiger partial charge in [0.1, 0.15) is 0 Å². The molecule has 0 aromatic heterocycles. The molecule has 2 fully saturated rings. The fourth-order valence-corrected chi connectivity index (χ4v) is 5.03. The van der Waals surface area contributed by atoms with Crippen molar-refractivity contribution in [1.29, 1.82) is 0 Å². The number of fused-ring (bicyclic) bond motifs is 2. The monoisotopic (exact) mass is 404 g/mol. The molecule has 2 bridgehead atoms. The van der Waals surface area contributed by atoms with Crippen molar-refractivity contribution in [2.45, 2.75) is 26.7 Å². The number of hydrogen-bond acceptors (Lipinski definition) is 3. The molecule has 0 aliphatic carbocycles. The summed E-state index contributed by atoms with van der Waals surface area (Å²) in [6.07, 6.45) is 0.662. The molecule has 2 amide bonds. The predicted octanol–water partition coefficient (Wildman–Crippen LogP) is 2.74. The Morgan fingerprint density at radius 3 is 1.37 bits per heavy atom. The van der Waals surface area contributed by atoms with Crippen LogP contribution in [0.15, 0.2) is 60.7 Å². The summed E-state index contributed by atoms with van der Waals surface area (Å²) < 4.78 is 0. The van der Waals surface area contributed by atoms with Gasteiger partial charge in [0.25, 0.3) is 0 Å². The van der Waals surface area contributed by atoms with Crippen LogP contribution in [0, 0.1) is 10.8 Å². The molecule has 0 unspecified atom stereocenters. The molecule has 30 heavy (non-hydrogen) atoms. The van der Waals surface area contributed by atoms with Crippen LogP contribution < -0.4 is 0 Å². The van der Waals surface area contributed by atoms with Crippen LogP contribution in [0.25, 0.3) is 0 Å². The van der Waals surface area contributed by atoms with Gasteiger partial charge in [0.05, 0.1) is 23.7 Å². The minimum Gasteiger partial charge on any atom is -0.340 e. The van der Waals surface area contributed by atoms with Crippen molar-refractivity contribution in [2.75, 3.05) is 26.2 Å². The van der Waals surface area contributed by atoms with Crippen LogP contribution in [-0.2, 0) is 27.2 Å². The Bertz CT molecular complexity index is 865. The molecule has 0 N–H and O–H groups in total. The van der Waals surface area contributed by atoms with E-state index in [1.165, 1.54) is 0 Å². The molecule has 2 aromatic carbocycles. The second-order valence-electron chi connectivity index (χ2n) is 9.27. The van der Waals surface area contributed by atoms with Gasteiger partial charge >= 0.3 is 0 Å². The number of nitrogens with zero attached hydrogens (tertiary/aromatic N) is 2. The molecule has 0 saturated carbocycles. The quantitative estimate of drug-likeness (QED) is 0.787. The Morgan fingerprint density at radius 2 is 1.03 bits per heavy atom. The molecule has 0 radical (unpaired) electrons. The number of amides is 2. The van der Waals surface area contributed by atoms with Gasteiger partial charge in [0, 0.05) is 26.2 Å². The van der Waals surface area contributed by atoms with E-state index < -0.39 is 10.8 Å². The maximum absolute atomic E-state index is 13.2. The molecule has 0 spiro atoms. The lowest BCUT2D eigenvalue weighted by molar-refractivity contribution is -0.166. The number of carbonyl (C=O) groups excluding carboxylic acids is 3. The van der Waals surface area contributed by atoms with Crippen molar-refractivity contribution in [3.05, 3.63) is 71.8 Å². The summed E-state index contributed by atoms with van der Waals surface area (Å²) in [5.41, 5.74) is 0.479. The molecule has 5 nitrogen and oxygen atoms in total. The number of benzene rings is 2. The number of hydrogen-bond donors (Lipinski definition) is 0. The highest BCUT2D eigenvalue weighted by atomic mass is 16.2. The summed E-state index contributed by atoms with van der Waals surface area (Å²) in [5, 5.41) is 0. The summed E-state index contributed by atoms with van der Waals surface area (Å²) in [5.74, 6) is 0.243. The highest BCUT2D eigenvalue weighted by Gasteiger charge is 2.57. The molecule has 2 heterocycles. The lowest BCUT2D eigenvalue weighted by Crippen LogP contribution is -2.69. The summed E-state index contributed by atoms with van der Waals surface area (Å²) in [4.78, 5) is 42.8. The smallest absolute Gasteiger partial charge is 0.227 e. The third kappa shape index (κ3) is 3.89. The first kappa shape index (κ1) is 20.3. The van der Waals surface area contributed by atoms with Crippen LogP contribution in [0.3, 0.4) is 0 Å². The molecule has 2 aliphatic rings. The van der Waals surface area contributed by atoms with Gasteiger partial charge in [0.15, 0.2) is 5.78 Å². The molecular formula is C25H28N2O3. The van der Waals surface area contributed by atoms with Gasteiger partial charge in [0.2, 0.25) is 11.8 Å². The predicted molar refractivity (Wildman–Crippen MR) is 115 cm³/mol. The minimum atomic E-state index is -0.732. The zero-order chi connectivity index (χ0) is 21.4. The van der Waals surface area contributed by atoms with Crippen LogP contribution in [-0.4, -0.2) is 53.6 Å². The Morgan fingerprint density at radius 1 is 0.700 bits per heavy atom. The number of likely N-dealkylation sites (tertiary alicyclic amines) is 2. The molecule has 2 aromatic rings. The lowest BCUT2D eigenvalue weighted by Gasteiger charge is -2.55. The lowest BCUT2D eigenvalue weighted by atomic mass is 9.64. The first-order valence-electron chi connectivity index (χ1n) is 10.5. The second kappa shape index (κ2) is 7.71. The topological polar surface area (TPSA) is 57.7 Å². The Balaban J connectivity index is 1.50. The van der Waals surface area contributed by atoms with Crippen LogP contribution in [0.5, 0.6) is 0 Å². The minimum absolute atomic E-state index is 0.0372. The summed E-state index contributed by atoms with van der Waals surface area (Å²) in [6.45, 7) is 5.25. The molecule has 4 rings (SSSR count). The van der Waals surface area contributed by atoms with E-state index in [2.05, 4.69) is 0 Å². The second-order valence-corrected chi connectivity index (χ2v) is 9.27. The zero-order valence-electron chi connectivity index (χ0n) is 17.6. The van der Waals surface area contributed by atoms with E-state index in [0.717, 1.165) is 11.1 Å². The van der Waals surface area contributed by atoms with E-state index in [0.29, 0.717) is 39.0 Å². The number of Topliss-reactive ketones (excluding diaryl/α,β-unsaturated/α-hetero) is 1. The normalized spacial score (nSPS) is 25.9. The summed E-state index contributed by atoms with van der Waals surface area (Å²) >= 11 is 0. The van der Waals surface area contributed by atoms with E-state index >= 15 is 0 Å². The van der Waals surface area contributed by atoms with Gasteiger partial charge in [-0.05, 0) is 25.0 Å². The first-order chi connectivity index (χ1) is 14.3. The highest BCUT2D eigenvalue weighted by molar-refractivity contribution is 5.95. The third-order valence-corrected chi connectivity index (χ3v) is 6.36. The van der Waals surface area contributed by atoms with Crippen LogP contribution in [0.1, 0.15) is 25.0 Å². The van der Waals surface area contributed by atoms with Crippen molar-refractivity contribution in [3.8, 4) is 0 Å². The van der Waals surface area contributed by atoms with E-state index in [1.54, 1.807) is 0 Å². The van der Waals surface area contributed by atoms with E-state index in [9.17, 15) is 14.4 Å². The Kier molecular flexibility index (Phi) is 5.22. The van der Waals surface area contributed by atoms with Gasteiger partial charge in [-0.2, -0.15) is 0 Å². The fourth-order valence-electron chi connectivity index (χ4n) is 5.03. The molecule has 156 valence electrons. The molecule has 5 heteroatoms. The van der Waals surface area contributed by atoms with Gasteiger partial charge in [-0.15, -0.1) is 0 Å².